The maximum Gasteiger partial charge on any atom is 0.322 e. The highest BCUT2D eigenvalue weighted by Crippen LogP contribution is 2.22. The maximum absolute atomic E-state index is 12.6. The molecule has 0 bridgehead atoms. The summed E-state index contributed by atoms with van der Waals surface area (Å²) in [5.41, 5.74) is -1.38. The fourth-order valence-electron chi connectivity index (χ4n) is 2.50. The number of sulfonamides is 1. The van der Waals surface area contributed by atoms with Crippen molar-refractivity contribution in [2.75, 3.05) is 0 Å². The summed E-state index contributed by atoms with van der Waals surface area (Å²) in [6, 6.07) is 9.41. The van der Waals surface area contributed by atoms with Crippen molar-refractivity contribution in [3.8, 4) is 11.6 Å². The van der Waals surface area contributed by atoms with Crippen LogP contribution in [0.4, 0.5) is 4.79 Å². The molecular weight excluding hydrogens is 372 g/mol. The zero-order valence-corrected chi connectivity index (χ0v) is 15.4. The van der Waals surface area contributed by atoms with Gasteiger partial charge in [-0.25, -0.2) is 22.9 Å². The number of urea groups is 1. The van der Waals surface area contributed by atoms with E-state index < -0.39 is 33.5 Å². The molecule has 2 heterocycles. The molecule has 0 spiro atoms. The normalized spacial score (nSPS) is 20.7. The van der Waals surface area contributed by atoms with E-state index in [1.165, 1.54) is 38.1 Å². The SMILES string of the molecule is C[C@@H](NS(=O)(=O)c1ccc(Oc2ccccn2)cc1)[C@@]1(C)NC(=O)NC1=O. The first kappa shape index (κ1) is 18.8. The van der Waals surface area contributed by atoms with Crippen molar-refractivity contribution in [2.45, 2.75) is 30.3 Å². The average Bonchev–Trinajstić information content (AvgIpc) is 2.89. The third kappa shape index (κ3) is 3.91. The first-order chi connectivity index (χ1) is 12.7. The fraction of sp³-hybridized carbons (Fsp3) is 0.235. The highest BCUT2D eigenvalue weighted by Gasteiger charge is 2.47. The Hall–Kier alpha value is -2.98. The molecule has 2 aromatic rings. The summed E-state index contributed by atoms with van der Waals surface area (Å²) in [7, 11) is -3.92. The van der Waals surface area contributed by atoms with Crippen molar-refractivity contribution in [3.05, 3.63) is 48.7 Å². The molecule has 9 nitrogen and oxygen atoms in total. The lowest BCUT2D eigenvalue weighted by Gasteiger charge is -2.28. The predicted octanol–water partition coefficient (Wildman–Crippen LogP) is 1.14. The summed E-state index contributed by atoms with van der Waals surface area (Å²) in [6.07, 6.45) is 1.58. The number of carbonyl (C=O) groups is 2. The molecule has 1 aromatic heterocycles. The Morgan fingerprint density at radius 2 is 1.85 bits per heavy atom. The molecule has 3 rings (SSSR count). The van der Waals surface area contributed by atoms with Crippen LogP contribution in [-0.4, -0.2) is 36.9 Å². The molecule has 0 aliphatic carbocycles. The Labute approximate surface area is 156 Å². The van der Waals surface area contributed by atoms with E-state index in [0.717, 1.165) is 0 Å². The molecule has 0 radical (unpaired) electrons. The van der Waals surface area contributed by atoms with E-state index in [-0.39, 0.29) is 4.90 Å². The van der Waals surface area contributed by atoms with Crippen LogP contribution in [0.25, 0.3) is 0 Å². The smallest absolute Gasteiger partial charge is 0.322 e. The molecule has 0 unspecified atom stereocenters. The summed E-state index contributed by atoms with van der Waals surface area (Å²) < 4.78 is 33.1. The van der Waals surface area contributed by atoms with Crippen LogP contribution < -0.4 is 20.1 Å². The van der Waals surface area contributed by atoms with Crippen molar-refractivity contribution in [1.82, 2.24) is 20.3 Å². The number of amides is 3. The minimum absolute atomic E-state index is 0.00366. The van der Waals surface area contributed by atoms with Gasteiger partial charge in [-0.05, 0) is 44.2 Å². The van der Waals surface area contributed by atoms with Crippen LogP contribution in [0.5, 0.6) is 11.6 Å². The van der Waals surface area contributed by atoms with Gasteiger partial charge in [0.25, 0.3) is 5.91 Å². The molecule has 1 aliphatic rings. The lowest BCUT2D eigenvalue weighted by atomic mass is 9.95. The van der Waals surface area contributed by atoms with Crippen LogP contribution in [0.3, 0.4) is 0 Å². The Bertz CT molecular complexity index is 963. The van der Waals surface area contributed by atoms with Crippen molar-refractivity contribution >= 4 is 22.0 Å². The van der Waals surface area contributed by atoms with Crippen molar-refractivity contribution < 1.29 is 22.7 Å². The quantitative estimate of drug-likeness (QED) is 0.635. The molecular formula is C17H18N4O5S. The van der Waals surface area contributed by atoms with Gasteiger partial charge in [0.2, 0.25) is 15.9 Å². The van der Waals surface area contributed by atoms with Gasteiger partial charge in [-0.1, -0.05) is 6.07 Å². The minimum Gasteiger partial charge on any atom is -0.439 e. The van der Waals surface area contributed by atoms with E-state index in [9.17, 15) is 18.0 Å². The van der Waals surface area contributed by atoms with Crippen molar-refractivity contribution in [3.63, 3.8) is 0 Å². The number of carbonyl (C=O) groups excluding carboxylic acids is 2. The summed E-state index contributed by atoms with van der Waals surface area (Å²) in [4.78, 5) is 27.3. The Morgan fingerprint density at radius 3 is 2.41 bits per heavy atom. The highest BCUT2D eigenvalue weighted by molar-refractivity contribution is 7.89. The molecule has 3 N–H and O–H groups in total. The van der Waals surface area contributed by atoms with Gasteiger partial charge < -0.3 is 10.1 Å². The first-order valence-corrected chi connectivity index (χ1v) is 9.54. The molecule has 10 heteroatoms. The van der Waals surface area contributed by atoms with Crippen LogP contribution in [0.15, 0.2) is 53.6 Å². The van der Waals surface area contributed by atoms with Crippen LogP contribution in [-0.2, 0) is 14.8 Å². The number of aromatic nitrogens is 1. The number of rotatable bonds is 6. The number of hydrogen-bond donors (Lipinski definition) is 3. The van der Waals surface area contributed by atoms with Crippen LogP contribution in [0, 0.1) is 0 Å². The molecule has 2 atom stereocenters. The van der Waals surface area contributed by atoms with Gasteiger partial charge in [-0.15, -0.1) is 0 Å². The standard InChI is InChI=1S/C17H18N4O5S/c1-11(17(2)15(22)19-16(23)20-17)21-27(24,25)13-8-6-12(7-9-13)26-14-5-3-4-10-18-14/h3-11,21H,1-2H3,(H2,19,20,22,23)/t11-,17-/m1/s1. The van der Waals surface area contributed by atoms with Crippen LogP contribution in [0.2, 0.25) is 0 Å². The fourth-order valence-corrected chi connectivity index (χ4v) is 3.83. The van der Waals surface area contributed by atoms with Gasteiger partial charge in [-0.3, -0.25) is 10.1 Å². The Kier molecular flexibility index (Phi) is 4.85. The first-order valence-electron chi connectivity index (χ1n) is 8.05. The number of nitrogens with zero attached hydrogens (tertiary/aromatic N) is 1. The van der Waals surface area contributed by atoms with Gasteiger partial charge in [-0.2, -0.15) is 0 Å². The molecule has 1 aromatic carbocycles. The number of nitrogens with one attached hydrogen (secondary N) is 3. The van der Waals surface area contributed by atoms with Crippen molar-refractivity contribution in [2.24, 2.45) is 0 Å². The molecule has 1 aliphatic heterocycles. The van der Waals surface area contributed by atoms with E-state index in [1.54, 1.807) is 24.4 Å². The van der Waals surface area contributed by atoms with Crippen molar-refractivity contribution in [1.29, 1.82) is 0 Å². The van der Waals surface area contributed by atoms with Crippen LogP contribution in [0.1, 0.15) is 13.8 Å². The second-order valence-electron chi connectivity index (χ2n) is 6.20. The molecule has 1 saturated heterocycles. The zero-order valence-electron chi connectivity index (χ0n) is 14.6. The number of pyridine rings is 1. The second kappa shape index (κ2) is 6.97. The Morgan fingerprint density at radius 1 is 1.15 bits per heavy atom. The topological polar surface area (TPSA) is 126 Å². The minimum atomic E-state index is -3.92. The molecule has 3 amide bonds. The zero-order chi connectivity index (χ0) is 19.7. The van der Waals surface area contributed by atoms with Gasteiger partial charge in [0.15, 0.2) is 0 Å². The van der Waals surface area contributed by atoms with Gasteiger partial charge in [0, 0.05) is 12.3 Å². The van der Waals surface area contributed by atoms with E-state index in [4.69, 9.17) is 4.74 Å². The van der Waals surface area contributed by atoms with E-state index >= 15 is 0 Å². The molecule has 1 fully saturated rings. The van der Waals surface area contributed by atoms with Crippen LogP contribution >= 0.6 is 0 Å². The molecule has 27 heavy (non-hydrogen) atoms. The number of imide groups is 1. The largest absolute Gasteiger partial charge is 0.439 e. The van der Waals surface area contributed by atoms with Gasteiger partial charge in [0.05, 0.1) is 10.9 Å². The van der Waals surface area contributed by atoms with E-state index in [0.29, 0.717) is 11.6 Å². The summed E-state index contributed by atoms with van der Waals surface area (Å²) >= 11 is 0. The maximum atomic E-state index is 12.6. The number of ether oxygens (including phenoxy) is 1. The van der Waals surface area contributed by atoms with Gasteiger partial charge >= 0.3 is 6.03 Å². The average molecular weight is 390 g/mol. The second-order valence-corrected chi connectivity index (χ2v) is 7.91. The third-order valence-electron chi connectivity index (χ3n) is 4.26. The summed E-state index contributed by atoms with van der Waals surface area (Å²) in [5.74, 6) is 0.215. The Balaban J connectivity index is 1.73. The lowest BCUT2D eigenvalue weighted by molar-refractivity contribution is -0.124. The monoisotopic (exact) mass is 390 g/mol. The summed E-state index contributed by atoms with van der Waals surface area (Å²) in [6.45, 7) is 2.95. The highest BCUT2D eigenvalue weighted by atomic mass is 32.2. The third-order valence-corrected chi connectivity index (χ3v) is 5.82. The van der Waals surface area contributed by atoms with Gasteiger partial charge in [0.1, 0.15) is 11.3 Å². The lowest BCUT2D eigenvalue weighted by Crippen LogP contribution is -2.59. The molecule has 0 saturated carbocycles. The van der Waals surface area contributed by atoms with E-state index in [2.05, 4.69) is 20.3 Å². The summed E-state index contributed by atoms with van der Waals surface area (Å²) in [5, 5.41) is 4.53. The molecule has 142 valence electrons. The van der Waals surface area contributed by atoms with E-state index in [1.807, 2.05) is 0 Å². The number of hydrogen-bond acceptors (Lipinski definition) is 6. The number of benzene rings is 1. The predicted molar refractivity (Wildman–Crippen MR) is 95.6 cm³/mol.